The van der Waals surface area contributed by atoms with Gasteiger partial charge in [-0.15, -0.1) is 0 Å². The summed E-state index contributed by atoms with van der Waals surface area (Å²) in [6.07, 6.45) is 1.22. The van der Waals surface area contributed by atoms with Crippen LogP contribution in [-0.2, 0) is 4.79 Å². The van der Waals surface area contributed by atoms with Gasteiger partial charge in [0, 0.05) is 11.6 Å². The van der Waals surface area contributed by atoms with Gasteiger partial charge in [-0.25, -0.2) is 0 Å². The van der Waals surface area contributed by atoms with Crippen molar-refractivity contribution in [3.05, 3.63) is 41.5 Å². The molecule has 1 N–H and O–H groups in total. The standard InChI is InChI=1S/C11H12O2/c1-8-4-3-5-10(6-8)11(13)7-9(2)12/h3-7,13H,1-2H3. The molecule has 68 valence electrons. The lowest BCUT2D eigenvalue weighted by atomic mass is 10.1. The molecule has 0 saturated heterocycles. The van der Waals surface area contributed by atoms with E-state index in [0.29, 0.717) is 5.56 Å². The van der Waals surface area contributed by atoms with E-state index in [1.807, 2.05) is 25.1 Å². The second kappa shape index (κ2) is 3.90. The lowest BCUT2D eigenvalue weighted by Gasteiger charge is -2.00. The van der Waals surface area contributed by atoms with Gasteiger partial charge in [-0.2, -0.15) is 0 Å². The van der Waals surface area contributed by atoms with Crippen molar-refractivity contribution in [2.75, 3.05) is 0 Å². The molecule has 1 rings (SSSR count). The van der Waals surface area contributed by atoms with Crippen molar-refractivity contribution in [3.63, 3.8) is 0 Å². The van der Waals surface area contributed by atoms with E-state index in [-0.39, 0.29) is 11.5 Å². The normalized spacial score (nSPS) is 11.4. The lowest BCUT2D eigenvalue weighted by Crippen LogP contribution is -1.88. The van der Waals surface area contributed by atoms with Gasteiger partial charge in [0.05, 0.1) is 0 Å². The van der Waals surface area contributed by atoms with E-state index in [4.69, 9.17) is 0 Å². The molecule has 0 fully saturated rings. The van der Waals surface area contributed by atoms with Gasteiger partial charge >= 0.3 is 0 Å². The van der Waals surface area contributed by atoms with Crippen molar-refractivity contribution in [2.24, 2.45) is 0 Å². The number of aryl methyl sites for hydroxylation is 1. The highest BCUT2D eigenvalue weighted by Gasteiger charge is 1.99. The average molecular weight is 176 g/mol. The molecule has 2 nitrogen and oxygen atoms in total. The van der Waals surface area contributed by atoms with E-state index in [2.05, 4.69) is 0 Å². The summed E-state index contributed by atoms with van der Waals surface area (Å²) in [6, 6.07) is 7.37. The highest BCUT2D eigenvalue weighted by Crippen LogP contribution is 2.12. The molecule has 0 aliphatic heterocycles. The Morgan fingerprint density at radius 1 is 1.46 bits per heavy atom. The summed E-state index contributed by atoms with van der Waals surface area (Å²) in [5.41, 5.74) is 1.73. The number of benzene rings is 1. The van der Waals surface area contributed by atoms with Crippen molar-refractivity contribution in [1.29, 1.82) is 0 Å². The van der Waals surface area contributed by atoms with Gasteiger partial charge in [0.2, 0.25) is 0 Å². The van der Waals surface area contributed by atoms with Gasteiger partial charge in [-0.1, -0.05) is 23.8 Å². The van der Waals surface area contributed by atoms with Crippen LogP contribution in [0.3, 0.4) is 0 Å². The number of carbonyl (C=O) groups is 1. The van der Waals surface area contributed by atoms with E-state index in [9.17, 15) is 9.90 Å². The zero-order valence-electron chi connectivity index (χ0n) is 7.74. The third-order valence-corrected chi connectivity index (χ3v) is 1.65. The minimum Gasteiger partial charge on any atom is -0.507 e. The van der Waals surface area contributed by atoms with E-state index in [0.717, 1.165) is 5.56 Å². The zero-order valence-corrected chi connectivity index (χ0v) is 7.74. The molecular formula is C11H12O2. The fourth-order valence-electron chi connectivity index (χ4n) is 1.08. The topological polar surface area (TPSA) is 37.3 Å². The van der Waals surface area contributed by atoms with Crippen LogP contribution < -0.4 is 0 Å². The molecular weight excluding hydrogens is 164 g/mol. The van der Waals surface area contributed by atoms with Crippen LogP contribution in [0.5, 0.6) is 0 Å². The molecule has 0 unspecified atom stereocenters. The second-order valence-electron chi connectivity index (χ2n) is 3.01. The van der Waals surface area contributed by atoms with Crippen molar-refractivity contribution in [1.82, 2.24) is 0 Å². The molecule has 0 aliphatic carbocycles. The van der Waals surface area contributed by atoms with E-state index in [1.165, 1.54) is 13.0 Å². The monoisotopic (exact) mass is 176 g/mol. The summed E-state index contributed by atoms with van der Waals surface area (Å²) < 4.78 is 0. The third-order valence-electron chi connectivity index (χ3n) is 1.65. The predicted octanol–water partition coefficient (Wildman–Crippen LogP) is 2.48. The third kappa shape index (κ3) is 2.75. The van der Waals surface area contributed by atoms with Gasteiger partial charge in [0.25, 0.3) is 0 Å². The van der Waals surface area contributed by atoms with Crippen molar-refractivity contribution < 1.29 is 9.90 Å². The summed E-state index contributed by atoms with van der Waals surface area (Å²) in [5.74, 6) is -0.129. The van der Waals surface area contributed by atoms with Crippen LogP contribution >= 0.6 is 0 Å². The molecule has 0 aromatic heterocycles. The van der Waals surface area contributed by atoms with Crippen LogP contribution in [0.1, 0.15) is 18.1 Å². The number of carbonyl (C=O) groups excluding carboxylic acids is 1. The number of hydrogen-bond donors (Lipinski definition) is 1. The number of ketones is 1. The lowest BCUT2D eigenvalue weighted by molar-refractivity contribution is -0.112. The highest BCUT2D eigenvalue weighted by molar-refractivity contribution is 5.93. The second-order valence-corrected chi connectivity index (χ2v) is 3.01. The Labute approximate surface area is 77.5 Å². The van der Waals surface area contributed by atoms with Crippen molar-refractivity contribution in [3.8, 4) is 0 Å². The average Bonchev–Trinajstić information content (AvgIpc) is 2.03. The highest BCUT2D eigenvalue weighted by atomic mass is 16.3. The molecule has 0 amide bonds. The predicted molar refractivity (Wildman–Crippen MR) is 52.5 cm³/mol. The fraction of sp³-hybridized carbons (Fsp3) is 0.182. The summed E-state index contributed by atoms with van der Waals surface area (Å²) in [7, 11) is 0. The number of hydrogen-bond acceptors (Lipinski definition) is 2. The van der Waals surface area contributed by atoms with Crippen molar-refractivity contribution in [2.45, 2.75) is 13.8 Å². The van der Waals surface area contributed by atoms with Crippen LogP contribution in [0.4, 0.5) is 0 Å². The first-order valence-electron chi connectivity index (χ1n) is 4.08. The van der Waals surface area contributed by atoms with Crippen molar-refractivity contribution >= 4 is 11.5 Å². The maximum atomic E-state index is 10.7. The SMILES string of the molecule is CC(=O)C=C(O)c1cccc(C)c1. The molecule has 1 aromatic rings. The Hall–Kier alpha value is -1.57. The van der Waals surface area contributed by atoms with Crippen LogP contribution in [0.2, 0.25) is 0 Å². The molecule has 0 radical (unpaired) electrons. The van der Waals surface area contributed by atoms with E-state index < -0.39 is 0 Å². The van der Waals surface area contributed by atoms with Gasteiger partial charge in [-0.05, 0) is 19.9 Å². The Morgan fingerprint density at radius 2 is 2.15 bits per heavy atom. The number of aliphatic hydroxyl groups excluding tert-OH is 1. The maximum Gasteiger partial charge on any atom is 0.156 e. The molecule has 0 saturated carbocycles. The van der Waals surface area contributed by atoms with Gasteiger partial charge in [0.15, 0.2) is 5.78 Å². The fourth-order valence-corrected chi connectivity index (χ4v) is 1.08. The van der Waals surface area contributed by atoms with E-state index >= 15 is 0 Å². The minimum atomic E-state index is -0.154. The number of rotatable bonds is 2. The molecule has 0 bridgehead atoms. The summed E-state index contributed by atoms with van der Waals surface area (Å²) in [4.78, 5) is 10.7. The number of aliphatic hydroxyl groups is 1. The van der Waals surface area contributed by atoms with Gasteiger partial charge < -0.3 is 5.11 Å². The molecule has 0 heterocycles. The van der Waals surface area contributed by atoms with Crippen LogP contribution in [0.15, 0.2) is 30.3 Å². The summed E-state index contributed by atoms with van der Waals surface area (Å²) in [5, 5.41) is 9.46. The van der Waals surface area contributed by atoms with Crippen LogP contribution in [0, 0.1) is 6.92 Å². The quantitative estimate of drug-likeness (QED) is 0.555. The Morgan fingerprint density at radius 3 is 2.69 bits per heavy atom. The summed E-state index contributed by atoms with van der Waals surface area (Å²) in [6.45, 7) is 3.34. The van der Waals surface area contributed by atoms with Crippen LogP contribution in [-0.4, -0.2) is 10.9 Å². The first-order chi connectivity index (χ1) is 6.09. The zero-order chi connectivity index (χ0) is 9.84. The maximum absolute atomic E-state index is 10.7. The van der Waals surface area contributed by atoms with Gasteiger partial charge in [0.1, 0.15) is 5.76 Å². The number of allylic oxidation sites excluding steroid dienone is 1. The molecule has 1 aromatic carbocycles. The Bertz CT molecular complexity index is 351. The molecule has 13 heavy (non-hydrogen) atoms. The van der Waals surface area contributed by atoms with Crippen LogP contribution in [0.25, 0.3) is 5.76 Å². The molecule has 2 heteroatoms. The first kappa shape index (κ1) is 9.52. The Balaban J connectivity index is 3.02. The minimum absolute atomic E-state index is 0.0243. The molecule has 0 atom stereocenters. The smallest absolute Gasteiger partial charge is 0.156 e. The molecule has 0 spiro atoms. The largest absolute Gasteiger partial charge is 0.507 e. The van der Waals surface area contributed by atoms with E-state index in [1.54, 1.807) is 6.07 Å². The first-order valence-corrected chi connectivity index (χ1v) is 4.08. The molecule has 0 aliphatic rings. The Kier molecular flexibility index (Phi) is 2.85. The summed E-state index contributed by atoms with van der Waals surface area (Å²) >= 11 is 0. The van der Waals surface area contributed by atoms with Gasteiger partial charge in [-0.3, -0.25) is 4.79 Å².